The maximum atomic E-state index is 10.8. The number of carboxylic acids is 1. The molecule has 3 nitrogen and oxygen atoms in total. The first-order valence-corrected chi connectivity index (χ1v) is 14.9. The van der Waals surface area contributed by atoms with E-state index >= 15 is 0 Å². The van der Waals surface area contributed by atoms with Crippen LogP contribution in [0.3, 0.4) is 0 Å². The van der Waals surface area contributed by atoms with Crippen molar-refractivity contribution in [2.75, 3.05) is 12.4 Å². The van der Waals surface area contributed by atoms with Gasteiger partial charge in [-0.25, -0.2) is 4.79 Å². The highest BCUT2D eigenvalue weighted by Crippen LogP contribution is 2.33. The van der Waals surface area contributed by atoms with E-state index in [9.17, 15) is 4.79 Å². The zero-order valence-corrected chi connectivity index (χ0v) is 23.4. The topological polar surface area (TPSA) is 46.5 Å². The first kappa shape index (κ1) is 26.3. The maximum absolute atomic E-state index is 10.8. The molecule has 5 rings (SSSR count). The van der Waals surface area contributed by atoms with Gasteiger partial charge in [0.25, 0.3) is 0 Å². The molecule has 0 amide bonds. The summed E-state index contributed by atoms with van der Waals surface area (Å²) in [5.41, 5.74) is 5.91. The number of rotatable bonds is 10. The molecule has 1 N–H and O–H groups in total. The molecule has 0 radical (unpaired) electrons. The molecule has 5 aromatic rings. The van der Waals surface area contributed by atoms with Gasteiger partial charge in [-0.05, 0) is 68.9 Å². The highest BCUT2D eigenvalue weighted by atomic mass is 35.5. The summed E-state index contributed by atoms with van der Waals surface area (Å²) < 4.78 is 5.23. The first-order chi connectivity index (χ1) is 18.6. The molecule has 2 aromatic heterocycles. The van der Waals surface area contributed by atoms with Crippen LogP contribution in [0.1, 0.15) is 11.1 Å². The summed E-state index contributed by atoms with van der Waals surface area (Å²) in [6.45, 7) is -0.422. The van der Waals surface area contributed by atoms with Crippen LogP contribution in [0.2, 0.25) is 5.02 Å². The van der Waals surface area contributed by atoms with Gasteiger partial charge in [0.05, 0.1) is 5.02 Å². The molecule has 38 heavy (non-hydrogen) atoms. The quantitative estimate of drug-likeness (QED) is 0.169. The number of ether oxygens (including phenoxy) is 1. The molecular weight excluding hydrogens is 552 g/mol. The van der Waals surface area contributed by atoms with Crippen LogP contribution in [0.5, 0.6) is 5.75 Å². The molecule has 0 saturated carbocycles. The molecule has 190 valence electrons. The second-order valence-corrected chi connectivity index (χ2v) is 11.7. The Kier molecular flexibility index (Phi) is 8.66. The first-order valence-electron chi connectivity index (χ1n) is 11.8. The highest BCUT2D eigenvalue weighted by Gasteiger charge is 2.09. The lowest BCUT2D eigenvalue weighted by Crippen LogP contribution is -2.09. The third kappa shape index (κ3) is 6.58. The van der Waals surface area contributed by atoms with Gasteiger partial charge in [0.15, 0.2) is 6.61 Å². The van der Waals surface area contributed by atoms with Crippen LogP contribution in [0.25, 0.3) is 26.5 Å². The van der Waals surface area contributed by atoms with Crippen molar-refractivity contribution < 1.29 is 14.6 Å². The van der Waals surface area contributed by atoms with E-state index in [1.165, 1.54) is 26.5 Å². The Balaban J connectivity index is 1.38. The predicted molar refractivity (Wildman–Crippen MR) is 162 cm³/mol. The Labute approximate surface area is 239 Å². The molecule has 7 heteroatoms. The molecule has 0 unspecified atom stereocenters. The van der Waals surface area contributed by atoms with E-state index in [0.29, 0.717) is 10.8 Å². The third-order valence-corrected chi connectivity index (χ3v) is 8.85. The fourth-order valence-electron chi connectivity index (χ4n) is 3.97. The van der Waals surface area contributed by atoms with Gasteiger partial charge in [0, 0.05) is 20.4 Å². The van der Waals surface area contributed by atoms with Crippen molar-refractivity contribution in [3.8, 4) is 26.6 Å². The number of thioether (sulfide) groups is 1. The molecule has 2 heterocycles. The normalized spacial score (nSPS) is 10.8. The van der Waals surface area contributed by atoms with Crippen LogP contribution in [0.15, 0.2) is 113 Å². The average Bonchev–Trinajstić information content (AvgIpc) is 3.66. The number of hydrogen-bond acceptors (Lipinski definition) is 5. The SMILES string of the molecule is O=C(O)COc1ccc(SCC=C(c2ccc(-c3cccs3)cc2)c2ccc(-c3cccs3)cc2)cc1Cl. The maximum Gasteiger partial charge on any atom is 0.341 e. The lowest BCUT2D eigenvalue weighted by molar-refractivity contribution is -0.139. The summed E-state index contributed by atoms with van der Waals surface area (Å²) in [6, 6.07) is 31.3. The molecular formula is C31H23ClO3S3. The zero-order chi connectivity index (χ0) is 26.3. The van der Waals surface area contributed by atoms with Gasteiger partial charge < -0.3 is 9.84 Å². The highest BCUT2D eigenvalue weighted by molar-refractivity contribution is 7.99. The second-order valence-electron chi connectivity index (χ2n) is 8.31. The minimum atomic E-state index is -1.04. The Hall–Kier alpha value is -3.29. The Bertz CT molecular complexity index is 1440. The summed E-state index contributed by atoms with van der Waals surface area (Å²) >= 11 is 11.5. The Morgan fingerprint density at radius 2 is 1.42 bits per heavy atom. The van der Waals surface area contributed by atoms with Crippen LogP contribution in [0.4, 0.5) is 0 Å². The van der Waals surface area contributed by atoms with Gasteiger partial charge in [-0.2, -0.15) is 0 Å². The standard InChI is InChI=1S/C31H23ClO3S3/c32-27-19-25(13-14-28(27)35-20-31(33)34)36-18-15-26(21-5-9-23(10-6-21)29-3-1-16-37-29)22-7-11-24(12-8-22)30-4-2-17-38-30/h1-17,19H,18,20H2,(H,33,34). The monoisotopic (exact) mass is 574 g/mol. The van der Waals surface area contributed by atoms with Crippen molar-refractivity contribution in [2.24, 2.45) is 0 Å². The fraction of sp³-hybridized carbons (Fsp3) is 0.0645. The van der Waals surface area contributed by atoms with Crippen LogP contribution < -0.4 is 4.74 Å². The van der Waals surface area contributed by atoms with E-state index in [2.05, 4.69) is 89.6 Å². The molecule has 0 bridgehead atoms. The number of halogens is 1. The minimum absolute atomic E-state index is 0.367. The molecule has 0 aliphatic heterocycles. The molecule has 0 aliphatic rings. The van der Waals surface area contributed by atoms with Gasteiger partial charge in [-0.1, -0.05) is 78.3 Å². The smallest absolute Gasteiger partial charge is 0.341 e. The second kappa shape index (κ2) is 12.5. The van der Waals surface area contributed by atoms with E-state index in [4.69, 9.17) is 21.4 Å². The largest absolute Gasteiger partial charge is 0.480 e. The third-order valence-electron chi connectivity index (χ3n) is 5.80. The number of thiophene rings is 2. The molecule has 0 fully saturated rings. The number of aliphatic carboxylic acids is 1. The average molecular weight is 575 g/mol. The van der Waals surface area contributed by atoms with Crippen LogP contribution in [-0.4, -0.2) is 23.4 Å². The van der Waals surface area contributed by atoms with Crippen LogP contribution >= 0.6 is 46.0 Å². The van der Waals surface area contributed by atoms with Crippen LogP contribution in [-0.2, 0) is 4.79 Å². The zero-order valence-electron chi connectivity index (χ0n) is 20.2. The van der Waals surface area contributed by atoms with E-state index in [0.717, 1.165) is 21.8 Å². The van der Waals surface area contributed by atoms with Gasteiger partial charge in [0.2, 0.25) is 0 Å². The van der Waals surface area contributed by atoms with Gasteiger partial charge in [-0.3, -0.25) is 0 Å². The van der Waals surface area contributed by atoms with E-state index in [-0.39, 0.29) is 0 Å². The molecule has 0 spiro atoms. The lowest BCUT2D eigenvalue weighted by atomic mass is 9.95. The van der Waals surface area contributed by atoms with E-state index in [1.54, 1.807) is 40.5 Å². The van der Waals surface area contributed by atoms with Gasteiger partial charge >= 0.3 is 5.97 Å². The van der Waals surface area contributed by atoms with Gasteiger partial charge in [0.1, 0.15) is 5.75 Å². The molecule has 3 aromatic carbocycles. The number of carbonyl (C=O) groups is 1. The van der Waals surface area contributed by atoms with Crippen molar-refractivity contribution in [2.45, 2.75) is 4.90 Å². The van der Waals surface area contributed by atoms with Crippen molar-refractivity contribution in [1.82, 2.24) is 0 Å². The molecule has 0 aliphatic carbocycles. The van der Waals surface area contributed by atoms with Crippen molar-refractivity contribution in [1.29, 1.82) is 0 Å². The van der Waals surface area contributed by atoms with E-state index < -0.39 is 12.6 Å². The van der Waals surface area contributed by atoms with Crippen molar-refractivity contribution >= 4 is 57.6 Å². The van der Waals surface area contributed by atoms with Gasteiger partial charge in [-0.15, -0.1) is 34.4 Å². The predicted octanol–water partition coefficient (Wildman–Crippen LogP) is 9.48. The van der Waals surface area contributed by atoms with E-state index in [1.807, 2.05) is 12.1 Å². The molecule has 0 atom stereocenters. The molecule has 0 saturated heterocycles. The summed E-state index contributed by atoms with van der Waals surface area (Å²) in [5.74, 6) is 0.0655. The minimum Gasteiger partial charge on any atom is -0.480 e. The fourth-order valence-corrected chi connectivity index (χ4v) is 6.54. The summed E-state index contributed by atoms with van der Waals surface area (Å²) in [7, 11) is 0. The lowest BCUT2D eigenvalue weighted by Gasteiger charge is -2.11. The Morgan fingerprint density at radius 1 is 0.842 bits per heavy atom. The summed E-state index contributed by atoms with van der Waals surface area (Å²) in [5, 5.41) is 13.4. The van der Waals surface area contributed by atoms with Crippen LogP contribution in [0, 0.1) is 0 Å². The summed E-state index contributed by atoms with van der Waals surface area (Å²) in [4.78, 5) is 14.3. The summed E-state index contributed by atoms with van der Waals surface area (Å²) in [6.07, 6.45) is 2.24. The van der Waals surface area contributed by atoms with Crippen molar-refractivity contribution in [3.63, 3.8) is 0 Å². The van der Waals surface area contributed by atoms with Crippen molar-refractivity contribution in [3.05, 3.63) is 124 Å². The Morgan fingerprint density at radius 3 is 1.89 bits per heavy atom. The number of carboxylic acid groups (broad SMARTS) is 1. The number of benzene rings is 3. The number of hydrogen-bond donors (Lipinski definition) is 1.